The molecule has 24 heavy (non-hydrogen) atoms. The maximum absolute atomic E-state index is 6.11. The Balaban J connectivity index is 1.67. The quantitative estimate of drug-likeness (QED) is 0.725. The fourth-order valence-corrected chi connectivity index (χ4v) is 3.78. The molecule has 0 N–H and O–H groups in total. The number of benzene rings is 1. The Morgan fingerprint density at radius 2 is 2.21 bits per heavy atom. The lowest BCUT2D eigenvalue weighted by atomic mass is 9.96. The average molecular weight is 342 g/mol. The number of nitrogens with zero attached hydrogens (tertiary/aromatic N) is 5. The number of hydrogen-bond acceptors (Lipinski definition) is 4. The normalized spacial score (nSPS) is 18.2. The van der Waals surface area contributed by atoms with Gasteiger partial charge in [-0.3, -0.25) is 4.98 Å². The molecule has 1 atom stereocenters. The summed E-state index contributed by atoms with van der Waals surface area (Å²) in [4.78, 5) is 6.90. The summed E-state index contributed by atoms with van der Waals surface area (Å²) in [6, 6.07) is 8.03. The van der Waals surface area contributed by atoms with Crippen molar-refractivity contribution >= 4 is 28.2 Å². The van der Waals surface area contributed by atoms with Crippen LogP contribution in [0.1, 0.15) is 31.5 Å². The number of anilines is 1. The van der Waals surface area contributed by atoms with E-state index in [1.54, 1.807) is 0 Å². The molecule has 4 rings (SSSR count). The van der Waals surface area contributed by atoms with E-state index in [0.29, 0.717) is 5.92 Å². The van der Waals surface area contributed by atoms with E-state index in [1.807, 2.05) is 24.7 Å². The summed E-state index contributed by atoms with van der Waals surface area (Å²) >= 11 is 6.11. The van der Waals surface area contributed by atoms with Crippen LogP contribution in [-0.2, 0) is 6.54 Å². The molecule has 1 saturated heterocycles. The number of hydrogen-bond donors (Lipinski definition) is 0. The summed E-state index contributed by atoms with van der Waals surface area (Å²) in [6.07, 6.45) is 6.01. The van der Waals surface area contributed by atoms with Gasteiger partial charge in [-0.15, -0.1) is 10.2 Å². The van der Waals surface area contributed by atoms with Crippen LogP contribution >= 0.6 is 11.6 Å². The molecule has 3 aromatic rings. The lowest BCUT2D eigenvalue weighted by Crippen LogP contribution is -2.35. The maximum Gasteiger partial charge on any atom is 0.137 e. The first kappa shape index (κ1) is 15.4. The minimum atomic E-state index is 0.414. The van der Waals surface area contributed by atoms with E-state index in [9.17, 15) is 0 Å². The lowest BCUT2D eigenvalue weighted by molar-refractivity contribution is 0.474. The minimum Gasteiger partial charge on any atom is -0.370 e. The lowest BCUT2D eigenvalue weighted by Gasteiger charge is -2.34. The van der Waals surface area contributed by atoms with Crippen molar-refractivity contribution in [1.29, 1.82) is 0 Å². The summed E-state index contributed by atoms with van der Waals surface area (Å²) < 4.78 is 2.15. The number of piperidine rings is 1. The molecule has 3 heterocycles. The Morgan fingerprint density at radius 3 is 3.08 bits per heavy atom. The van der Waals surface area contributed by atoms with Gasteiger partial charge in [-0.05, 0) is 44.0 Å². The zero-order chi connectivity index (χ0) is 16.5. The maximum atomic E-state index is 6.11. The van der Waals surface area contributed by atoms with Crippen molar-refractivity contribution in [2.24, 2.45) is 0 Å². The van der Waals surface area contributed by atoms with E-state index in [-0.39, 0.29) is 0 Å². The molecule has 5 nitrogen and oxygen atoms in total. The van der Waals surface area contributed by atoms with Gasteiger partial charge < -0.3 is 9.47 Å². The van der Waals surface area contributed by atoms with Gasteiger partial charge >= 0.3 is 0 Å². The molecule has 6 heteroatoms. The second-order valence-corrected chi connectivity index (χ2v) is 6.69. The Bertz CT molecular complexity index is 859. The summed E-state index contributed by atoms with van der Waals surface area (Å²) in [7, 11) is 0. The summed E-state index contributed by atoms with van der Waals surface area (Å²) in [5, 5.41) is 10.3. The Hall–Kier alpha value is -2.14. The van der Waals surface area contributed by atoms with Crippen LogP contribution in [0.25, 0.3) is 10.9 Å². The molecular weight excluding hydrogens is 322 g/mol. The van der Waals surface area contributed by atoms with Gasteiger partial charge in [-0.2, -0.15) is 0 Å². The third-order valence-electron chi connectivity index (χ3n) is 4.80. The van der Waals surface area contributed by atoms with Crippen LogP contribution in [0, 0.1) is 0 Å². The number of aromatic nitrogens is 4. The highest BCUT2D eigenvalue weighted by Crippen LogP contribution is 2.33. The van der Waals surface area contributed by atoms with Gasteiger partial charge in [0, 0.05) is 47.8 Å². The predicted molar refractivity (Wildman–Crippen MR) is 96.6 cm³/mol. The van der Waals surface area contributed by atoms with Gasteiger partial charge in [0.15, 0.2) is 0 Å². The first-order valence-electron chi connectivity index (χ1n) is 8.43. The van der Waals surface area contributed by atoms with E-state index < -0.39 is 0 Å². The SMILES string of the molecule is CCn1cnnc1C1CCCN(c2ccnc3cc(Cl)ccc23)C1. The molecule has 1 aliphatic heterocycles. The van der Waals surface area contributed by atoms with Crippen LogP contribution in [0.2, 0.25) is 5.02 Å². The third kappa shape index (κ3) is 2.73. The standard InChI is InChI=1S/C18H20ClN5/c1-2-23-12-21-22-18(23)13-4-3-9-24(11-13)17-7-8-20-16-10-14(19)5-6-15(16)17/h5-8,10,12-13H,2-4,9,11H2,1H3. The molecule has 1 aromatic carbocycles. The molecule has 1 aliphatic rings. The van der Waals surface area contributed by atoms with Crippen molar-refractivity contribution in [3.63, 3.8) is 0 Å². The molecule has 0 bridgehead atoms. The number of pyridine rings is 1. The van der Waals surface area contributed by atoms with Crippen molar-refractivity contribution < 1.29 is 0 Å². The van der Waals surface area contributed by atoms with Crippen LogP contribution in [0.5, 0.6) is 0 Å². The van der Waals surface area contributed by atoms with Gasteiger partial charge in [0.1, 0.15) is 12.2 Å². The monoisotopic (exact) mass is 341 g/mol. The van der Waals surface area contributed by atoms with Gasteiger partial charge in [-0.25, -0.2) is 0 Å². The van der Waals surface area contributed by atoms with Crippen molar-refractivity contribution in [3.8, 4) is 0 Å². The van der Waals surface area contributed by atoms with E-state index in [2.05, 4.69) is 43.7 Å². The highest BCUT2D eigenvalue weighted by Gasteiger charge is 2.26. The zero-order valence-electron chi connectivity index (χ0n) is 13.7. The minimum absolute atomic E-state index is 0.414. The fraction of sp³-hybridized carbons (Fsp3) is 0.389. The van der Waals surface area contributed by atoms with Crippen LogP contribution in [-0.4, -0.2) is 32.8 Å². The van der Waals surface area contributed by atoms with E-state index >= 15 is 0 Å². The fourth-order valence-electron chi connectivity index (χ4n) is 3.61. The molecule has 1 fully saturated rings. The Kier molecular flexibility index (Phi) is 4.10. The molecule has 0 spiro atoms. The van der Waals surface area contributed by atoms with E-state index in [0.717, 1.165) is 54.2 Å². The number of halogens is 1. The Labute approximate surface area is 146 Å². The molecule has 124 valence electrons. The molecule has 0 aliphatic carbocycles. The van der Waals surface area contributed by atoms with Crippen molar-refractivity contribution in [2.75, 3.05) is 18.0 Å². The second kappa shape index (κ2) is 6.40. The molecule has 0 amide bonds. The highest BCUT2D eigenvalue weighted by atomic mass is 35.5. The second-order valence-electron chi connectivity index (χ2n) is 6.25. The molecule has 2 aromatic heterocycles. The summed E-state index contributed by atoms with van der Waals surface area (Å²) in [5.41, 5.74) is 2.17. The average Bonchev–Trinajstić information content (AvgIpc) is 3.10. The number of fused-ring (bicyclic) bond motifs is 1. The first-order valence-corrected chi connectivity index (χ1v) is 8.81. The Morgan fingerprint density at radius 1 is 1.29 bits per heavy atom. The van der Waals surface area contributed by atoms with Crippen LogP contribution in [0.3, 0.4) is 0 Å². The van der Waals surface area contributed by atoms with Crippen LogP contribution in [0.4, 0.5) is 5.69 Å². The van der Waals surface area contributed by atoms with Crippen LogP contribution in [0.15, 0.2) is 36.8 Å². The zero-order valence-corrected chi connectivity index (χ0v) is 14.4. The van der Waals surface area contributed by atoms with Gasteiger partial charge in [0.2, 0.25) is 0 Å². The highest BCUT2D eigenvalue weighted by molar-refractivity contribution is 6.31. The molecule has 0 saturated carbocycles. The van der Waals surface area contributed by atoms with E-state index in [4.69, 9.17) is 11.6 Å². The van der Waals surface area contributed by atoms with Crippen molar-refractivity contribution in [3.05, 3.63) is 47.6 Å². The van der Waals surface area contributed by atoms with Gasteiger partial charge in [0.25, 0.3) is 0 Å². The van der Waals surface area contributed by atoms with Crippen molar-refractivity contribution in [1.82, 2.24) is 19.7 Å². The first-order chi connectivity index (χ1) is 11.8. The number of rotatable bonds is 3. The predicted octanol–water partition coefficient (Wildman–Crippen LogP) is 3.88. The topological polar surface area (TPSA) is 46.8 Å². The largest absolute Gasteiger partial charge is 0.370 e. The van der Waals surface area contributed by atoms with Gasteiger partial charge in [0.05, 0.1) is 5.52 Å². The van der Waals surface area contributed by atoms with Crippen LogP contribution < -0.4 is 4.90 Å². The van der Waals surface area contributed by atoms with Crippen molar-refractivity contribution in [2.45, 2.75) is 32.2 Å². The third-order valence-corrected chi connectivity index (χ3v) is 5.03. The molecular formula is C18H20ClN5. The molecule has 0 radical (unpaired) electrons. The molecule has 1 unspecified atom stereocenters. The summed E-state index contributed by atoms with van der Waals surface area (Å²) in [5.74, 6) is 1.51. The van der Waals surface area contributed by atoms with E-state index in [1.165, 1.54) is 5.69 Å². The number of aryl methyl sites for hydroxylation is 1. The van der Waals surface area contributed by atoms with Gasteiger partial charge in [-0.1, -0.05) is 11.6 Å². The smallest absolute Gasteiger partial charge is 0.137 e. The summed E-state index contributed by atoms with van der Waals surface area (Å²) in [6.45, 7) is 5.06.